The van der Waals surface area contributed by atoms with Crippen LogP contribution in [0.2, 0.25) is 0 Å². The molecular formula is C25H16F4N4O. The van der Waals surface area contributed by atoms with Crippen LogP contribution in [0.4, 0.5) is 23.2 Å². The van der Waals surface area contributed by atoms with Crippen LogP contribution >= 0.6 is 0 Å². The number of carbonyl (C=O) groups is 1. The highest BCUT2D eigenvalue weighted by Gasteiger charge is 2.25. The van der Waals surface area contributed by atoms with Gasteiger partial charge in [-0.05, 0) is 36.4 Å². The summed E-state index contributed by atoms with van der Waals surface area (Å²) in [7, 11) is 0. The first kappa shape index (κ1) is 21.4. The zero-order valence-electron chi connectivity index (χ0n) is 17.4. The maximum atomic E-state index is 14.3. The average molecular weight is 464 g/mol. The Labute approximate surface area is 190 Å². The van der Waals surface area contributed by atoms with Gasteiger partial charge in [-0.15, -0.1) is 0 Å². The van der Waals surface area contributed by atoms with Gasteiger partial charge in [0, 0.05) is 33.9 Å². The Morgan fingerprint density at radius 1 is 0.941 bits per heavy atom. The molecule has 0 saturated heterocycles. The van der Waals surface area contributed by atoms with Crippen molar-refractivity contribution in [1.82, 2.24) is 14.8 Å². The second kappa shape index (κ2) is 8.51. The lowest BCUT2D eigenvalue weighted by Crippen LogP contribution is -2.14. The van der Waals surface area contributed by atoms with E-state index in [2.05, 4.69) is 15.4 Å². The third-order valence-electron chi connectivity index (χ3n) is 5.35. The normalized spacial score (nSPS) is 11.3. The van der Waals surface area contributed by atoms with Crippen molar-refractivity contribution in [2.24, 2.45) is 0 Å². The van der Waals surface area contributed by atoms with Crippen molar-refractivity contribution in [1.29, 1.82) is 0 Å². The fourth-order valence-corrected chi connectivity index (χ4v) is 3.75. The Hall–Kier alpha value is -4.40. The van der Waals surface area contributed by atoms with E-state index in [1.807, 2.05) is 24.3 Å². The van der Waals surface area contributed by atoms with Crippen LogP contribution in [0.1, 0.15) is 22.5 Å². The number of halogens is 4. The quantitative estimate of drug-likeness (QED) is 0.292. The van der Waals surface area contributed by atoms with E-state index in [-0.39, 0.29) is 22.4 Å². The highest BCUT2D eigenvalue weighted by molar-refractivity contribution is 6.07. The highest BCUT2D eigenvalue weighted by atomic mass is 19.3. The number of anilines is 1. The fraction of sp³-hybridized carbons (Fsp3) is 0.0400. The van der Waals surface area contributed by atoms with Crippen LogP contribution in [-0.2, 0) is 0 Å². The minimum Gasteiger partial charge on any atom is -0.340 e. The summed E-state index contributed by atoms with van der Waals surface area (Å²) in [6, 6.07) is 18.2. The number of H-pyrrole nitrogens is 1. The molecule has 0 aliphatic heterocycles. The van der Waals surface area contributed by atoms with Crippen molar-refractivity contribution in [3.63, 3.8) is 0 Å². The first-order valence-electron chi connectivity index (χ1n) is 10.2. The van der Waals surface area contributed by atoms with Gasteiger partial charge in [0.05, 0.1) is 5.56 Å². The van der Waals surface area contributed by atoms with Crippen molar-refractivity contribution in [2.45, 2.75) is 6.43 Å². The molecule has 0 unspecified atom stereocenters. The van der Waals surface area contributed by atoms with E-state index >= 15 is 0 Å². The van der Waals surface area contributed by atoms with Gasteiger partial charge in [0.25, 0.3) is 12.3 Å². The van der Waals surface area contributed by atoms with Crippen molar-refractivity contribution in [3.05, 3.63) is 102 Å². The van der Waals surface area contributed by atoms with E-state index in [9.17, 15) is 22.4 Å². The van der Waals surface area contributed by atoms with Crippen LogP contribution in [0.3, 0.4) is 0 Å². The number of para-hydroxylation sites is 2. The smallest absolute Gasteiger partial charge is 0.282 e. The molecule has 0 atom stereocenters. The van der Waals surface area contributed by atoms with Gasteiger partial charge in [0.1, 0.15) is 23.1 Å². The minimum atomic E-state index is -3.01. The number of amides is 1. The summed E-state index contributed by atoms with van der Waals surface area (Å²) in [5.41, 5.74) is 0.00109. The molecule has 0 bridgehead atoms. The number of benzene rings is 3. The number of nitrogens with one attached hydrogen (secondary N) is 2. The topological polar surface area (TPSA) is 62.7 Å². The molecule has 170 valence electrons. The van der Waals surface area contributed by atoms with E-state index in [1.54, 1.807) is 18.2 Å². The van der Waals surface area contributed by atoms with Crippen LogP contribution in [-0.4, -0.2) is 20.7 Å². The average Bonchev–Trinajstić information content (AvgIpc) is 3.46. The molecule has 0 radical (unpaired) electrons. The van der Waals surface area contributed by atoms with Crippen LogP contribution in [0.25, 0.3) is 27.8 Å². The van der Waals surface area contributed by atoms with Gasteiger partial charge in [-0.3, -0.25) is 4.79 Å². The van der Waals surface area contributed by atoms with Gasteiger partial charge in [0.15, 0.2) is 0 Å². The first-order valence-corrected chi connectivity index (χ1v) is 10.2. The Morgan fingerprint density at radius 3 is 2.50 bits per heavy atom. The molecule has 2 aromatic heterocycles. The number of fused-ring (bicyclic) bond motifs is 1. The lowest BCUT2D eigenvalue weighted by molar-refractivity contribution is 0.101. The van der Waals surface area contributed by atoms with Gasteiger partial charge < -0.3 is 10.3 Å². The molecule has 5 rings (SSSR count). The molecule has 2 heterocycles. The van der Waals surface area contributed by atoms with E-state index in [0.717, 1.165) is 29.1 Å². The number of hydrogen-bond donors (Lipinski definition) is 2. The number of aromatic nitrogens is 3. The van der Waals surface area contributed by atoms with Crippen molar-refractivity contribution in [2.75, 3.05) is 5.32 Å². The number of aromatic amines is 1. The largest absolute Gasteiger partial charge is 0.340 e. The molecule has 3 aromatic carbocycles. The molecule has 1 amide bonds. The third kappa shape index (κ3) is 3.92. The van der Waals surface area contributed by atoms with Crippen LogP contribution in [0, 0.1) is 11.6 Å². The minimum absolute atomic E-state index is 0.0706. The molecule has 9 heteroatoms. The van der Waals surface area contributed by atoms with E-state index < -0.39 is 29.7 Å². The van der Waals surface area contributed by atoms with Crippen molar-refractivity contribution in [3.8, 4) is 16.9 Å². The van der Waals surface area contributed by atoms with Gasteiger partial charge >= 0.3 is 0 Å². The lowest BCUT2D eigenvalue weighted by Gasteiger charge is -2.12. The predicted octanol–water partition coefficient (Wildman–Crippen LogP) is 6.49. The molecule has 2 N–H and O–H groups in total. The zero-order valence-corrected chi connectivity index (χ0v) is 17.4. The SMILES string of the molecule is O=C(Nc1ccccc1-c1cc(F)ccc1F)c1cn(-c2cc3ccccc3[nH]2)nc1C(F)F. The Bertz CT molecular complexity index is 1490. The summed E-state index contributed by atoms with van der Waals surface area (Å²) in [6.07, 6.45) is -1.81. The Balaban J connectivity index is 1.52. The summed E-state index contributed by atoms with van der Waals surface area (Å²) in [5, 5.41) is 7.29. The van der Waals surface area contributed by atoms with Crippen LogP contribution < -0.4 is 5.32 Å². The van der Waals surface area contributed by atoms with E-state index in [1.165, 1.54) is 23.0 Å². The van der Waals surface area contributed by atoms with E-state index in [0.29, 0.717) is 5.82 Å². The van der Waals surface area contributed by atoms with E-state index in [4.69, 9.17) is 0 Å². The number of rotatable bonds is 5. The molecule has 0 aliphatic carbocycles. The van der Waals surface area contributed by atoms with Crippen LogP contribution in [0.15, 0.2) is 79.0 Å². The highest BCUT2D eigenvalue weighted by Crippen LogP contribution is 2.32. The molecule has 0 aliphatic rings. The molecule has 5 nitrogen and oxygen atoms in total. The second-order valence-corrected chi connectivity index (χ2v) is 7.54. The molecule has 0 spiro atoms. The van der Waals surface area contributed by atoms with Gasteiger partial charge in [-0.1, -0.05) is 36.4 Å². The van der Waals surface area contributed by atoms with Gasteiger partial charge in [-0.2, -0.15) is 5.10 Å². The summed E-state index contributed by atoms with van der Waals surface area (Å²) >= 11 is 0. The molecular weight excluding hydrogens is 448 g/mol. The van der Waals surface area contributed by atoms with Gasteiger partial charge in [-0.25, -0.2) is 22.2 Å². The third-order valence-corrected chi connectivity index (χ3v) is 5.35. The second-order valence-electron chi connectivity index (χ2n) is 7.54. The maximum absolute atomic E-state index is 14.3. The summed E-state index contributed by atoms with van der Waals surface area (Å²) < 4.78 is 56.7. The lowest BCUT2D eigenvalue weighted by atomic mass is 10.0. The fourth-order valence-electron chi connectivity index (χ4n) is 3.75. The molecule has 5 aromatic rings. The Kier molecular flexibility index (Phi) is 5.37. The number of carbonyl (C=O) groups excluding carboxylic acids is 1. The van der Waals surface area contributed by atoms with Crippen LogP contribution in [0.5, 0.6) is 0 Å². The number of alkyl halides is 2. The van der Waals surface area contributed by atoms with Gasteiger partial charge in [0.2, 0.25) is 0 Å². The predicted molar refractivity (Wildman–Crippen MR) is 120 cm³/mol. The monoisotopic (exact) mass is 464 g/mol. The first-order chi connectivity index (χ1) is 16.4. The Morgan fingerprint density at radius 2 is 1.71 bits per heavy atom. The molecule has 0 fully saturated rings. The van der Waals surface area contributed by atoms with Crippen molar-refractivity contribution < 1.29 is 22.4 Å². The maximum Gasteiger partial charge on any atom is 0.282 e. The van der Waals surface area contributed by atoms with Crippen molar-refractivity contribution >= 4 is 22.5 Å². The number of hydrogen-bond acceptors (Lipinski definition) is 2. The standard InChI is InChI=1S/C25H16F4N4O/c26-15-9-10-19(27)17(12-15)16-6-2-4-8-21(16)31-25(34)18-13-33(32-23(18)24(28)29)22-11-14-5-1-3-7-20(14)30-22/h1-13,24,30H,(H,31,34). The summed E-state index contributed by atoms with van der Waals surface area (Å²) in [4.78, 5) is 16.1. The molecule has 34 heavy (non-hydrogen) atoms. The zero-order chi connectivity index (χ0) is 23.8. The number of nitrogens with zero attached hydrogens (tertiary/aromatic N) is 2. The summed E-state index contributed by atoms with van der Waals surface area (Å²) in [6.45, 7) is 0. The molecule has 0 saturated carbocycles. The summed E-state index contributed by atoms with van der Waals surface area (Å²) in [5.74, 6) is -1.80.